The van der Waals surface area contributed by atoms with Crippen molar-refractivity contribution in [3.05, 3.63) is 69.7 Å². The van der Waals surface area contributed by atoms with Crippen LogP contribution in [0.2, 0.25) is 10.0 Å². The van der Waals surface area contributed by atoms with Crippen LogP contribution in [0, 0.1) is 0 Å². The molecule has 1 atom stereocenters. The van der Waals surface area contributed by atoms with Crippen molar-refractivity contribution in [1.29, 1.82) is 0 Å². The van der Waals surface area contributed by atoms with Gasteiger partial charge in [0.05, 0.1) is 0 Å². The van der Waals surface area contributed by atoms with E-state index in [-0.39, 0.29) is 12.4 Å². The normalized spacial score (nSPS) is 11.8. The van der Waals surface area contributed by atoms with E-state index in [1.807, 2.05) is 18.2 Å². The van der Waals surface area contributed by atoms with Gasteiger partial charge in [-0.1, -0.05) is 66.5 Å². The molecule has 0 aliphatic rings. The van der Waals surface area contributed by atoms with E-state index in [0.717, 1.165) is 30.1 Å². The number of benzene rings is 2. The van der Waals surface area contributed by atoms with Gasteiger partial charge in [-0.15, -0.1) is 12.4 Å². The van der Waals surface area contributed by atoms with E-state index in [2.05, 4.69) is 36.5 Å². The predicted octanol–water partition coefficient (Wildman–Crippen LogP) is 5.35. The third kappa shape index (κ3) is 5.88. The Balaban J connectivity index is 0.00000220. The monoisotopic (exact) mass is 343 g/mol. The number of hydrogen-bond donors (Lipinski definition) is 1. The molecule has 114 valence electrons. The minimum Gasteiger partial charge on any atom is -0.316 e. The second-order valence-corrected chi connectivity index (χ2v) is 5.85. The highest BCUT2D eigenvalue weighted by Gasteiger charge is 2.05. The van der Waals surface area contributed by atoms with Crippen LogP contribution in [0.4, 0.5) is 0 Å². The van der Waals surface area contributed by atoms with E-state index in [1.165, 1.54) is 5.56 Å². The Morgan fingerprint density at radius 2 is 1.76 bits per heavy atom. The van der Waals surface area contributed by atoms with Crippen LogP contribution < -0.4 is 5.32 Å². The molecule has 2 aromatic rings. The van der Waals surface area contributed by atoms with E-state index < -0.39 is 0 Å². The van der Waals surface area contributed by atoms with Gasteiger partial charge in [-0.25, -0.2) is 0 Å². The highest BCUT2D eigenvalue weighted by Crippen LogP contribution is 2.21. The Bertz CT molecular complexity index is 543. The van der Waals surface area contributed by atoms with Crippen LogP contribution in [0.5, 0.6) is 0 Å². The predicted molar refractivity (Wildman–Crippen MR) is 95.1 cm³/mol. The van der Waals surface area contributed by atoms with Crippen molar-refractivity contribution in [2.24, 2.45) is 0 Å². The maximum Gasteiger partial charge on any atom is 0.0453 e. The van der Waals surface area contributed by atoms with Crippen LogP contribution in [0.1, 0.15) is 24.0 Å². The standard InChI is InChI=1S/C17H19Cl2N.ClH/c1-13(14-5-3-2-4-6-14)12-20-10-9-15-7-8-16(18)11-17(15)19;/h2-8,11,13,20H,9-10,12H2,1H3;1H. The Kier molecular flexibility index (Phi) is 8.13. The van der Waals surface area contributed by atoms with E-state index in [1.54, 1.807) is 6.07 Å². The Labute approximate surface area is 143 Å². The molecule has 4 heteroatoms. The number of nitrogens with one attached hydrogen (secondary N) is 1. The molecule has 1 N–H and O–H groups in total. The molecule has 1 nitrogen and oxygen atoms in total. The number of halogens is 3. The number of rotatable bonds is 6. The van der Waals surface area contributed by atoms with Crippen LogP contribution in [0.25, 0.3) is 0 Å². The highest BCUT2D eigenvalue weighted by atomic mass is 35.5. The first-order chi connectivity index (χ1) is 9.66. The maximum atomic E-state index is 6.15. The Morgan fingerprint density at radius 3 is 2.43 bits per heavy atom. The van der Waals surface area contributed by atoms with E-state index in [4.69, 9.17) is 23.2 Å². The van der Waals surface area contributed by atoms with Crippen molar-refractivity contribution in [3.63, 3.8) is 0 Å². The molecule has 0 saturated heterocycles. The highest BCUT2D eigenvalue weighted by molar-refractivity contribution is 6.35. The molecule has 1 unspecified atom stereocenters. The summed E-state index contributed by atoms with van der Waals surface area (Å²) >= 11 is 12.0. The molecule has 2 aromatic carbocycles. The fourth-order valence-electron chi connectivity index (χ4n) is 2.17. The largest absolute Gasteiger partial charge is 0.316 e. The van der Waals surface area contributed by atoms with Gasteiger partial charge in [0.25, 0.3) is 0 Å². The van der Waals surface area contributed by atoms with Crippen molar-refractivity contribution < 1.29 is 0 Å². The van der Waals surface area contributed by atoms with Gasteiger partial charge < -0.3 is 5.32 Å². The summed E-state index contributed by atoms with van der Waals surface area (Å²) in [5.41, 5.74) is 2.50. The molecule has 0 bridgehead atoms. The topological polar surface area (TPSA) is 12.0 Å². The van der Waals surface area contributed by atoms with Gasteiger partial charge in [0.1, 0.15) is 0 Å². The molecule has 0 amide bonds. The summed E-state index contributed by atoms with van der Waals surface area (Å²) < 4.78 is 0. The molecule has 0 aliphatic heterocycles. The quantitative estimate of drug-likeness (QED) is 0.696. The molecule has 0 aliphatic carbocycles. The second kappa shape index (κ2) is 9.32. The Morgan fingerprint density at radius 1 is 1.05 bits per heavy atom. The van der Waals surface area contributed by atoms with E-state index >= 15 is 0 Å². The minimum atomic E-state index is 0. The van der Waals surface area contributed by atoms with Gasteiger partial charge in [-0.3, -0.25) is 0 Å². The van der Waals surface area contributed by atoms with Gasteiger partial charge >= 0.3 is 0 Å². The number of hydrogen-bond acceptors (Lipinski definition) is 1. The third-order valence-corrected chi connectivity index (χ3v) is 3.99. The van der Waals surface area contributed by atoms with E-state index in [0.29, 0.717) is 10.9 Å². The molecular weight excluding hydrogens is 325 g/mol. The van der Waals surface area contributed by atoms with Crippen LogP contribution in [-0.4, -0.2) is 13.1 Å². The first-order valence-electron chi connectivity index (χ1n) is 6.86. The summed E-state index contributed by atoms with van der Waals surface area (Å²) in [5.74, 6) is 0.511. The molecule has 0 saturated carbocycles. The van der Waals surface area contributed by atoms with Crippen LogP contribution >= 0.6 is 35.6 Å². The third-order valence-electron chi connectivity index (χ3n) is 3.41. The van der Waals surface area contributed by atoms with E-state index in [9.17, 15) is 0 Å². The zero-order valence-corrected chi connectivity index (χ0v) is 14.3. The molecule has 0 fully saturated rings. The zero-order valence-electron chi connectivity index (χ0n) is 12.0. The van der Waals surface area contributed by atoms with Crippen LogP contribution in [0.3, 0.4) is 0 Å². The summed E-state index contributed by atoms with van der Waals surface area (Å²) in [6.07, 6.45) is 0.914. The van der Waals surface area contributed by atoms with Crippen molar-refractivity contribution in [2.75, 3.05) is 13.1 Å². The summed E-state index contributed by atoms with van der Waals surface area (Å²) in [7, 11) is 0. The lowest BCUT2D eigenvalue weighted by Gasteiger charge is -2.13. The van der Waals surface area contributed by atoms with Gasteiger partial charge in [-0.2, -0.15) is 0 Å². The van der Waals surface area contributed by atoms with Crippen molar-refractivity contribution >= 4 is 35.6 Å². The average molecular weight is 345 g/mol. The Hall–Kier alpha value is -0.730. The zero-order chi connectivity index (χ0) is 14.4. The lowest BCUT2D eigenvalue weighted by molar-refractivity contribution is 0.615. The SMILES string of the molecule is CC(CNCCc1ccc(Cl)cc1Cl)c1ccccc1.Cl. The van der Waals surface area contributed by atoms with Gasteiger partial charge in [0.15, 0.2) is 0 Å². The van der Waals surface area contributed by atoms with Crippen molar-refractivity contribution in [1.82, 2.24) is 5.32 Å². The van der Waals surface area contributed by atoms with Gasteiger partial charge in [0, 0.05) is 16.6 Å². The molecule has 21 heavy (non-hydrogen) atoms. The lowest BCUT2D eigenvalue weighted by Crippen LogP contribution is -2.22. The molecule has 0 heterocycles. The fourth-order valence-corrected chi connectivity index (χ4v) is 2.67. The summed E-state index contributed by atoms with van der Waals surface area (Å²) in [4.78, 5) is 0. The fraction of sp³-hybridized carbons (Fsp3) is 0.294. The van der Waals surface area contributed by atoms with Crippen LogP contribution in [0.15, 0.2) is 48.5 Å². The van der Waals surface area contributed by atoms with Crippen LogP contribution in [-0.2, 0) is 6.42 Å². The summed E-state index contributed by atoms with van der Waals surface area (Å²) in [6.45, 7) is 4.12. The first-order valence-corrected chi connectivity index (χ1v) is 7.62. The molecular formula is C17H20Cl3N. The maximum absolute atomic E-state index is 6.15. The molecule has 0 aromatic heterocycles. The van der Waals surface area contributed by atoms with Crippen molar-refractivity contribution in [2.45, 2.75) is 19.3 Å². The first kappa shape index (κ1) is 18.3. The lowest BCUT2D eigenvalue weighted by atomic mass is 10.0. The molecule has 2 rings (SSSR count). The second-order valence-electron chi connectivity index (χ2n) is 5.00. The van der Waals surface area contributed by atoms with Gasteiger partial charge in [-0.05, 0) is 42.1 Å². The van der Waals surface area contributed by atoms with Gasteiger partial charge in [0.2, 0.25) is 0 Å². The average Bonchev–Trinajstić information content (AvgIpc) is 2.46. The molecule has 0 spiro atoms. The summed E-state index contributed by atoms with van der Waals surface area (Å²) in [5, 5.41) is 4.91. The van der Waals surface area contributed by atoms with Crippen molar-refractivity contribution in [3.8, 4) is 0 Å². The molecule has 0 radical (unpaired) electrons. The smallest absolute Gasteiger partial charge is 0.0453 e. The minimum absolute atomic E-state index is 0. The summed E-state index contributed by atoms with van der Waals surface area (Å²) in [6, 6.07) is 16.2.